The monoisotopic (exact) mass is 321 g/mol. The molecule has 1 amide bonds. The van der Waals surface area contributed by atoms with Gasteiger partial charge in [0.2, 0.25) is 0 Å². The topological polar surface area (TPSA) is 59.2 Å². The molecule has 1 aromatic carbocycles. The van der Waals surface area contributed by atoms with E-state index in [1.807, 2.05) is 29.3 Å². The molecule has 122 valence electrons. The van der Waals surface area contributed by atoms with E-state index in [1.165, 1.54) is 17.3 Å². The molecule has 4 rings (SSSR count). The summed E-state index contributed by atoms with van der Waals surface area (Å²) in [6.07, 6.45) is 5.18. The summed E-state index contributed by atoms with van der Waals surface area (Å²) in [5, 5.41) is 1.21. The zero-order chi connectivity index (χ0) is 16.5. The van der Waals surface area contributed by atoms with Crippen LogP contribution in [0.25, 0.3) is 10.9 Å². The molecule has 0 unspecified atom stereocenters. The third-order valence-electron chi connectivity index (χ3n) is 4.77. The summed E-state index contributed by atoms with van der Waals surface area (Å²) in [5.74, 6) is 1.03. The predicted octanol–water partition coefficient (Wildman–Crippen LogP) is 3.24. The maximum atomic E-state index is 12.5. The highest BCUT2D eigenvalue weighted by atomic mass is 16.3. The molecule has 0 spiro atoms. The van der Waals surface area contributed by atoms with E-state index in [4.69, 9.17) is 4.42 Å². The minimum Gasteiger partial charge on any atom is -0.448 e. The van der Waals surface area contributed by atoms with Crippen molar-refractivity contribution in [1.82, 2.24) is 14.9 Å². The first-order chi connectivity index (χ1) is 11.7. The molecule has 3 heterocycles. The van der Waals surface area contributed by atoms with Crippen LogP contribution >= 0.6 is 0 Å². The fourth-order valence-electron chi connectivity index (χ4n) is 3.49. The summed E-state index contributed by atoms with van der Waals surface area (Å²) in [4.78, 5) is 22.9. The minimum atomic E-state index is -0.0247. The van der Waals surface area contributed by atoms with Crippen LogP contribution in [-0.4, -0.2) is 33.9 Å². The maximum absolute atomic E-state index is 12.5. The lowest BCUT2D eigenvalue weighted by Crippen LogP contribution is -2.29. The molecule has 3 aromatic rings. The summed E-state index contributed by atoms with van der Waals surface area (Å²) >= 11 is 0. The second kappa shape index (κ2) is 6.07. The lowest BCUT2D eigenvalue weighted by atomic mass is 9.96. The molecule has 24 heavy (non-hydrogen) atoms. The van der Waals surface area contributed by atoms with Crippen molar-refractivity contribution in [2.75, 3.05) is 13.1 Å². The quantitative estimate of drug-likeness (QED) is 0.743. The van der Waals surface area contributed by atoms with Crippen molar-refractivity contribution in [3.63, 3.8) is 0 Å². The number of aromatic nitrogens is 2. The number of benzene rings is 1. The first-order valence-corrected chi connectivity index (χ1v) is 8.24. The van der Waals surface area contributed by atoms with E-state index in [1.54, 1.807) is 6.92 Å². The first-order valence-electron chi connectivity index (χ1n) is 8.24. The third kappa shape index (κ3) is 2.66. The average molecular weight is 321 g/mol. The summed E-state index contributed by atoms with van der Waals surface area (Å²) in [5.41, 5.74) is 2.77. The van der Waals surface area contributed by atoms with Crippen molar-refractivity contribution in [3.8, 4) is 0 Å². The van der Waals surface area contributed by atoms with Crippen molar-refractivity contribution in [2.45, 2.75) is 19.8 Å². The Hall–Kier alpha value is -2.69. The molecule has 0 N–H and O–H groups in total. The van der Waals surface area contributed by atoms with Crippen LogP contribution in [0.2, 0.25) is 0 Å². The van der Waals surface area contributed by atoms with Gasteiger partial charge in [-0.15, -0.1) is 0 Å². The van der Waals surface area contributed by atoms with Gasteiger partial charge in [-0.2, -0.15) is 0 Å². The number of rotatable bonds is 3. The van der Waals surface area contributed by atoms with Gasteiger partial charge in [0, 0.05) is 24.7 Å². The van der Waals surface area contributed by atoms with Crippen LogP contribution in [0.4, 0.5) is 0 Å². The van der Waals surface area contributed by atoms with Crippen molar-refractivity contribution < 1.29 is 9.21 Å². The lowest BCUT2D eigenvalue weighted by molar-refractivity contribution is 0.0780. The Labute approximate surface area is 140 Å². The van der Waals surface area contributed by atoms with Crippen molar-refractivity contribution in [3.05, 3.63) is 59.9 Å². The SMILES string of the molecule is Cc1ocnc1C(=O)N1CC[C@H](Cc2ccnc3ccccc23)C1. The van der Waals surface area contributed by atoms with E-state index < -0.39 is 0 Å². The van der Waals surface area contributed by atoms with Gasteiger partial charge in [0.05, 0.1) is 5.52 Å². The molecule has 1 fully saturated rings. The largest absolute Gasteiger partial charge is 0.448 e. The number of amides is 1. The van der Waals surface area contributed by atoms with Crippen molar-refractivity contribution >= 4 is 16.8 Å². The Morgan fingerprint density at radius 1 is 1.29 bits per heavy atom. The number of para-hydroxylation sites is 1. The zero-order valence-corrected chi connectivity index (χ0v) is 13.6. The standard InChI is InChI=1S/C19H19N3O2/c1-13-18(21-12-24-13)19(23)22-9-7-14(11-22)10-15-6-8-20-17-5-3-2-4-16(15)17/h2-6,8,12,14H,7,9-11H2,1H3/t14-/m1/s1. The van der Waals surface area contributed by atoms with Gasteiger partial charge in [0.1, 0.15) is 5.76 Å². The van der Waals surface area contributed by atoms with E-state index in [-0.39, 0.29) is 5.91 Å². The van der Waals surface area contributed by atoms with Crippen molar-refractivity contribution in [1.29, 1.82) is 0 Å². The Bertz CT molecular complexity index is 882. The number of likely N-dealkylation sites (tertiary alicyclic amines) is 1. The van der Waals surface area contributed by atoms with E-state index >= 15 is 0 Å². The Kier molecular flexibility index (Phi) is 3.76. The molecular formula is C19H19N3O2. The van der Waals surface area contributed by atoms with Gasteiger partial charge in [-0.3, -0.25) is 9.78 Å². The molecule has 1 aliphatic rings. The zero-order valence-electron chi connectivity index (χ0n) is 13.6. The summed E-state index contributed by atoms with van der Waals surface area (Å²) < 4.78 is 5.15. The van der Waals surface area contributed by atoms with Gasteiger partial charge in [-0.25, -0.2) is 4.98 Å². The molecule has 0 aliphatic carbocycles. The van der Waals surface area contributed by atoms with E-state index in [0.29, 0.717) is 17.4 Å². The summed E-state index contributed by atoms with van der Waals surface area (Å²) in [7, 11) is 0. The smallest absolute Gasteiger partial charge is 0.276 e. The fraction of sp³-hybridized carbons (Fsp3) is 0.316. The number of aryl methyl sites for hydroxylation is 1. The van der Waals surface area contributed by atoms with E-state index in [0.717, 1.165) is 31.4 Å². The van der Waals surface area contributed by atoms with Crippen LogP contribution in [0.5, 0.6) is 0 Å². The number of pyridine rings is 1. The highest BCUT2D eigenvalue weighted by Crippen LogP contribution is 2.26. The Morgan fingerprint density at radius 3 is 3.00 bits per heavy atom. The first kappa shape index (κ1) is 14.9. The normalized spacial score (nSPS) is 17.5. The van der Waals surface area contributed by atoms with Crippen LogP contribution in [0.15, 0.2) is 47.3 Å². The van der Waals surface area contributed by atoms with Crippen molar-refractivity contribution in [2.24, 2.45) is 5.92 Å². The average Bonchev–Trinajstić information content (AvgIpc) is 3.24. The van der Waals surface area contributed by atoms with Gasteiger partial charge in [-0.05, 0) is 43.4 Å². The minimum absolute atomic E-state index is 0.0247. The Morgan fingerprint density at radius 2 is 2.17 bits per heavy atom. The molecule has 0 radical (unpaired) electrons. The maximum Gasteiger partial charge on any atom is 0.276 e. The molecule has 5 heteroatoms. The summed E-state index contributed by atoms with van der Waals surface area (Å²) in [6, 6.07) is 10.3. The molecule has 1 atom stereocenters. The number of oxazole rings is 1. The van der Waals surface area contributed by atoms with Crippen LogP contribution in [0.3, 0.4) is 0 Å². The molecule has 1 aliphatic heterocycles. The molecule has 5 nitrogen and oxygen atoms in total. The van der Waals surface area contributed by atoms with Gasteiger partial charge < -0.3 is 9.32 Å². The molecule has 2 aromatic heterocycles. The second-order valence-corrected chi connectivity index (χ2v) is 6.35. The molecular weight excluding hydrogens is 302 g/mol. The molecule has 0 bridgehead atoms. The number of hydrogen-bond donors (Lipinski definition) is 0. The number of carbonyl (C=O) groups excluding carboxylic acids is 1. The van der Waals surface area contributed by atoms with Crippen LogP contribution in [-0.2, 0) is 6.42 Å². The predicted molar refractivity (Wildman–Crippen MR) is 90.7 cm³/mol. The lowest BCUT2D eigenvalue weighted by Gasteiger charge is -2.16. The van der Waals surface area contributed by atoms with Crippen LogP contribution in [0, 0.1) is 12.8 Å². The fourth-order valence-corrected chi connectivity index (χ4v) is 3.49. The Balaban J connectivity index is 1.49. The van der Waals surface area contributed by atoms with E-state index in [2.05, 4.69) is 22.1 Å². The van der Waals surface area contributed by atoms with Gasteiger partial charge in [0.15, 0.2) is 12.1 Å². The van der Waals surface area contributed by atoms with Crippen LogP contribution < -0.4 is 0 Å². The van der Waals surface area contributed by atoms with Gasteiger partial charge in [-0.1, -0.05) is 18.2 Å². The highest BCUT2D eigenvalue weighted by Gasteiger charge is 2.29. The second-order valence-electron chi connectivity index (χ2n) is 6.35. The van der Waals surface area contributed by atoms with E-state index in [9.17, 15) is 4.79 Å². The summed E-state index contributed by atoms with van der Waals surface area (Å²) in [6.45, 7) is 3.32. The third-order valence-corrected chi connectivity index (χ3v) is 4.77. The molecule has 1 saturated heterocycles. The molecule has 0 saturated carbocycles. The number of nitrogens with zero attached hydrogens (tertiary/aromatic N) is 3. The number of hydrogen-bond acceptors (Lipinski definition) is 4. The van der Waals surface area contributed by atoms with Crippen LogP contribution in [0.1, 0.15) is 28.2 Å². The number of fused-ring (bicyclic) bond motifs is 1. The van der Waals surface area contributed by atoms with Gasteiger partial charge in [0.25, 0.3) is 5.91 Å². The number of carbonyl (C=O) groups is 1. The highest BCUT2D eigenvalue weighted by molar-refractivity contribution is 5.93. The van der Waals surface area contributed by atoms with Gasteiger partial charge >= 0.3 is 0 Å².